The highest BCUT2D eigenvalue weighted by Gasteiger charge is 2.46. The van der Waals surface area contributed by atoms with Crippen molar-refractivity contribution in [2.45, 2.75) is 58.4 Å². The summed E-state index contributed by atoms with van der Waals surface area (Å²) in [5.74, 6) is -0.817. The summed E-state index contributed by atoms with van der Waals surface area (Å²) in [6.45, 7) is 4.57. The van der Waals surface area contributed by atoms with Crippen LogP contribution in [-0.2, 0) is 4.79 Å². The Bertz CT molecular complexity index is 379. The first-order valence-corrected chi connectivity index (χ1v) is 7.20. The van der Waals surface area contributed by atoms with Crippen molar-refractivity contribution in [3.05, 3.63) is 0 Å². The number of nitrogens with one attached hydrogen (secondary N) is 2. The second-order valence-corrected chi connectivity index (χ2v) is 6.35. The number of hydrogen-bond donors (Lipinski definition) is 3. The molecule has 0 aliphatic heterocycles. The number of amides is 2. The van der Waals surface area contributed by atoms with Gasteiger partial charge >= 0.3 is 12.0 Å². The maximum Gasteiger partial charge on any atom is 0.315 e. The number of carboxylic acids is 1. The van der Waals surface area contributed by atoms with Gasteiger partial charge in [-0.25, -0.2) is 4.79 Å². The number of carbonyl (C=O) groups is 2. The van der Waals surface area contributed by atoms with E-state index in [9.17, 15) is 14.7 Å². The third-order valence-electron chi connectivity index (χ3n) is 5.08. The summed E-state index contributed by atoms with van der Waals surface area (Å²) in [4.78, 5) is 23.2. The van der Waals surface area contributed by atoms with Gasteiger partial charge in [-0.3, -0.25) is 4.79 Å². The summed E-state index contributed by atoms with van der Waals surface area (Å²) in [6.07, 6.45) is 5.68. The summed E-state index contributed by atoms with van der Waals surface area (Å²) in [5, 5.41) is 15.0. The predicted octanol–water partition coefficient (Wildman–Crippen LogP) is 2.12. The van der Waals surface area contributed by atoms with Crippen LogP contribution in [0.5, 0.6) is 0 Å². The maximum absolute atomic E-state index is 11.9. The van der Waals surface area contributed by atoms with Gasteiger partial charge in [0.05, 0.1) is 5.41 Å². The average molecular weight is 268 g/mol. The minimum absolute atomic E-state index is 0.223. The van der Waals surface area contributed by atoms with Gasteiger partial charge in [-0.05, 0) is 44.4 Å². The monoisotopic (exact) mass is 268 g/mol. The van der Waals surface area contributed by atoms with Crippen molar-refractivity contribution in [2.24, 2.45) is 10.8 Å². The van der Waals surface area contributed by atoms with Crippen molar-refractivity contribution >= 4 is 12.0 Å². The van der Waals surface area contributed by atoms with Gasteiger partial charge in [-0.1, -0.05) is 13.3 Å². The molecule has 2 aliphatic rings. The smallest absolute Gasteiger partial charge is 0.315 e. The van der Waals surface area contributed by atoms with Gasteiger partial charge in [0.1, 0.15) is 0 Å². The molecule has 0 aromatic heterocycles. The SMILES string of the molecule is CCC1(CNC(=O)NC2CCCC2(C)C(=O)O)CC1. The zero-order valence-corrected chi connectivity index (χ0v) is 11.8. The Morgan fingerprint density at radius 1 is 1.32 bits per heavy atom. The van der Waals surface area contributed by atoms with Crippen LogP contribution >= 0.6 is 0 Å². The molecular formula is C14H24N2O3. The molecule has 2 unspecified atom stereocenters. The summed E-state index contributed by atoms with van der Waals surface area (Å²) >= 11 is 0. The van der Waals surface area contributed by atoms with Gasteiger partial charge < -0.3 is 15.7 Å². The largest absolute Gasteiger partial charge is 0.481 e. The molecule has 0 aromatic rings. The van der Waals surface area contributed by atoms with Gasteiger partial charge in [-0.15, -0.1) is 0 Å². The van der Waals surface area contributed by atoms with Gasteiger partial charge in [0, 0.05) is 12.6 Å². The molecule has 108 valence electrons. The number of rotatable bonds is 5. The van der Waals surface area contributed by atoms with Gasteiger partial charge in [0.15, 0.2) is 0 Å². The molecule has 19 heavy (non-hydrogen) atoms. The van der Waals surface area contributed by atoms with E-state index in [4.69, 9.17) is 0 Å². The van der Waals surface area contributed by atoms with Crippen molar-refractivity contribution in [1.82, 2.24) is 10.6 Å². The van der Waals surface area contributed by atoms with Crippen LogP contribution in [0.1, 0.15) is 52.4 Å². The molecule has 2 amide bonds. The Hall–Kier alpha value is -1.26. The Morgan fingerprint density at radius 2 is 2.00 bits per heavy atom. The number of hydrogen-bond acceptors (Lipinski definition) is 2. The van der Waals surface area contributed by atoms with Crippen molar-refractivity contribution in [3.8, 4) is 0 Å². The van der Waals surface area contributed by atoms with E-state index >= 15 is 0 Å². The quantitative estimate of drug-likeness (QED) is 0.714. The zero-order chi connectivity index (χ0) is 14.1. The minimum atomic E-state index is -0.820. The minimum Gasteiger partial charge on any atom is -0.481 e. The number of urea groups is 1. The molecule has 0 radical (unpaired) electrons. The molecule has 2 fully saturated rings. The molecule has 3 N–H and O–H groups in total. The predicted molar refractivity (Wildman–Crippen MR) is 71.9 cm³/mol. The summed E-state index contributed by atoms with van der Waals surface area (Å²) < 4.78 is 0. The first-order chi connectivity index (χ1) is 8.92. The van der Waals surface area contributed by atoms with Crippen LogP contribution in [-0.4, -0.2) is 29.7 Å². The highest BCUT2D eigenvalue weighted by Crippen LogP contribution is 2.47. The molecule has 0 bridgehead atoms. The van der Waals surface area contributed by atoms with E-state index in [-0.39, 0.29) is 12.1 Å². The Morgan fingerprint density at radius 3 is 2.53 bits per heavy atom. The van der Waals surface area contributed by atoms with Crippen LogP contribution < -0.4 is 10.6 Å². The number of carboxylic acid groups (broad SMARTS) is 1. The highest BCUT2D eigenvalue weighted by molar-refractivity contribution is 5.79. The Kier molecular flexibility index (Phi) is 3.74. The van der Waals surface area contributed by atoms with Crippen LogP contribution in [0, 0.1) is 10.8 Å². The molecule has 0 spiro atoms. The topological polar surface area (TPSA) is 78.4 Å². The molecule has 5 nitrogen and oxygen atoms in total. The lowest BCUT2D eigenvalue weighted by Gasteiger charge is -2.28. The van der Waals surface area contributed by atoms with Crippen LogP contribution in [0.25, 0.3) is 0 Å². The molecule has 5 heteroatoms. The molecule has 2 rings (SSSR count). The second-order valence-electron chi connectivity index (χ2n) is 6.35. The molecule has 0 saturated heterocycles. The van der Waals surface area contributed by atoms with Gasteiger partial charge in [-0.2, -0.15) is 0 Å². The molecule has 2 aliphatic carbocycles. The summed E-state index contributed by atoms with van der Waals surface area (Å²) in [5.41, 5.74) is -0.511. The van der Waals surface area contributed by atoms with E-state index in [1.54, 1.807) is 6.92 Å². The lowest BCUT2D eigenvalue weighted by atomic mass is 9.85. The van der Waals surface area contributed by atoms with Crippen LogP contribution in [0.3, 0.4) is 0 Å². The fourth-order valence-electron chi connectivity index (χ4n) is 2.96. The maximum atomic E-state index is 11.9. The van der Waals surface area contributed by atoms with E-state index < -0.39 is 11.4 Å². The third-order valence-corrected chi connectivity index (χ3v) is 5.08. The normalized spacial score (nSPS) is 31.8. The average Bonchev–Trinajstić information content (AvgIpc) is 3.07. The molecule has 2 atom stereocenters. The van der Waals surface area contributed by atoms with E-state index in [2.05, 4.69) is 17.6 Å². The van der Waals surface area contributed by atoms with E-state index in [0.29, 0.717) is 18.4 Å². The first kappa shape index (κ1) is 14.2. The standard InChI is InChI=1S/C14H24N2O3/c1-3-14(7-8-14)9-15-12(19)16-10-5-4-6-13(10,2)11(17)18/h10H,3-9H2,1-2H3,(H,17,18)(H2,15,16,19). The van der Waals surface area contributed by atoms with E-state index in [1.165, 1.54) is 12.8 Å². The fourth-order valence-corrected chi connectivity index (χ4v) is 2.96. The second kappa shape index (κ2) is 5.02. The van der Waals surface area contributed by atoms with Gasteiger partial charge in [0.25, 0.3) is 0 Å². The van der Waals surface area contributed by atoms with Crippen LogP contribution in [0.2, 0.25) is 0 Å². The van der Waals surface area contributed by atoms with E-state index in [0.717, 1.165) is 19.3 Å². The zero-order valence-electron chi connectivity index (χ0n) is 11.8. The Labute approximate surface area is 114 Å². The molecule has 0 heterocycles. The number of carbonyl (C=O) groups excluding carboxylic acids is 1. The highest BCUT2D eigenvalue weighted by atomic mass is 16.4. The fraction of sp³-hybridized carbons (Fsp3) is 0.857. The third kappa shape index (κ3) is 2.85. The van der Waals surface area contributed by atoms with Crippen molar-refractivity contribution in [1.29, 1.82) is 0 Å². The van der Waals surface area contributed by atoms with Crippen LogP contribution in [0.4, 0.5) is 4.79 Å². The van der Waals surface area contributed by atoms with Crippen LogP contribution in [0.15, 0.2) is 0 Å². The number of aliphatic carboxylic acids is 1. The first-order valence-electron chi connectivity index (χ1n) is 7.20. The van der Waals surface area contributed by atoms with Gasteiger partial charge in [0.2, 0.25) is 0 Å². The molecule has 2 saturated carbocycles. The lowest BCUT2D eigenvalue weighted by Crippen LogP contribution is -2.51. The van der Waals surface area contributed by atoms with E-state index in [1.807, 2.05) is 0 Å². The van der Waals surface area contributed by atoms with Crippen molar-refractivity contribution < 1.29 is 14.7 Å². The Balaban J connectivity index is 1.83. The van der Waals surface area contributed by atoms with Crippen molar-refractivity contribution in [2.75, 3.05) is 6.54 Å². The summed E-state index contributed by atoms with van der Waals surface area (Å²) in [6, 6.07) is -0.485. The van der Waals surface area contributed by atoms with Crippen molar-refractivity contribution in [3.63, 3.8) is 0 Å². The molecular weight excluding hydrogens is 244 g/mol. The molecule has 0 aromatic carbocycles. The lowest BCUT2D eigenvalue weighted by molar-refractivity contribution is -0.148. The summed E-state index contributed by atoms with van der Waals surface area (Å²) in [7, 11) is 0.